The number of thioether (sulfide) groups is 1. The fourth-order valence-corrected chi connectivity index (χ4v) is 5.79. The summed E-state index contributed by atoms with van der Waals surface area (Å²) in [7, 11) is 0. The Morgan fingerprint density at radius 1 is 1.06 bits per heavy atom. The molecular weight excluding hydrogens is 589 g/mol. The molecule has 156 valence electrons. The number of imide groups is 1. The first-order chi connectivity index (χ1) is 14.9. The van der Waals surface area contributed by atoms with Crippen molar-refractivity contribution in [1.29, 1.82) is 0 Å². The minimum atomic E-state index is -0.313. The summed E-state index contributed by atoms with van der Waals surface area (Å²) in [6, 6.07) is 21.0. The van der Waals surface area contributed by atoms with Crippen molar-refractivity contribution in [3.05, 3.63) is 96.4 Å². The van der Waals surface area contributed by atoms with Gasteiger partial charge in [-0.3, -0.25) is 9.59 Å². The third-order valence-corrected chi connectivity index (χ3v) is 6.85. The number of carbonyl (C=O) groups excluding carboxylic acids is 2. The van der Waals surface area contributed by atoms with Gasteiger partial charge in [0.2, 0.25) is 0 Å². The molecule has 0 N–H and O–H groups in total. The lowest BCUT2D eigenvalue weighted by molar-refractivity contribution is -0.113. The van der Waals surface area contributed by atoms with E-state index in [9.17, 15) is 9.59 Å². The number of carbonyl (C=O) groups is 2. The summed E-state index contributed by atoms with van der Waals surface area (Å²) in [6.45, 7) is 2.52. The van der Waals surface area contributed by atoms with E-state index in [4.69, 9.17) is 4.74 Å². The minimum Gasteiger partial charge on any atom is -0.487 e. The maximum atomic E-state index is 12.8. The van der Waals surface area contributed by atoms with Gasteiger partial charge < -0.3 is 4.74 Å². The lowest BCUT2D eigenvalue weighted by Gasteiger charge is -2.12. The van der Waals surface area contributed by atoms with Crippen LogP contribution in [0.1, 0.15) is 16.7 Å². The zero-order chi connectivity index (χ0) is 22.0. The molecule has 1 saturated heterocycles. The first-order valence-electron chi connectivity index (χ1n) is 9.43. The number of halogens is 2. The van der Waals surface area contributed by atoms with E-state index in [0.29, 0.717) is 17.2 Å². The van der Waals surface area contributed by atoms with Crippen LogP contribution in [0, 0.1) is 10.5 Å². The van der Waals surface area contributed by atoms with Gasteiger partial charge in [-0.05, 0) is 98.7 Å². The van der Waals surface area contributed by atoms with E-state index >= 15 is 0 Å². The molecule has 1 fully saturated rings. The third-order valence-electron chi connectivity index (χ3n) is 4.59. The van der Waals surface area contributed by atoms with E-state index in [-0.39, 0.29) is 11.1 Å². The summed E-state index contributed by atoms with van der Waals surface area (Å²) >= 11 is 6.75. The predicted octanol–water partition coefficient (Wildman–Crippen LogP) is 7.18. The van der Waals surface area contributed by atoms with Gasteiger partial charge in [-0.1, -0.05) is 48.0 Å². The second-order valence-electron chi connectivity index (χ2n) is 6.94. The van der Waals surface area contributed by atoms with E-state index in [1.807, 2.05) is 30.3 Å². The molecule has 7 heteroatoms. The SMILES string of the molecule is Cc1cccc(COc2c(Br)cc(/C=C3\SC(=O)N(c4ccccc4)C3=O)cc2I)c1. The van der Waals surface area contributed by atoms with Crippen molar-refractivity contribution >= 4 is 73.2 Å². The first kappa shape index (κ1) is 22.1. The third kappa shape index (κ3) is 5.05. The van der Waals surface area contributed by atoms with E-state index in [1.54, 1.807) is 30.3 Å². The van der Waals surface area contributed by atoms with Crippen molar-refractivity contribution in [1.82, 2.24) is 0 Å². The van der Waals surface area contributed by atoms with Crippen LogP contribution in [-0.2, 0) is 11.4 Å². The number of benzene rings is 3. The summed E-state index contributed by atoms with van der Waals surface area (Å²) in [4.78, 5) is 26.8. The molecule has 3 aromatic carbocycles. The number of para-hydroxylation sites is 1. The molecule has 0 spiro atoms. The molecule has 2 amide bonds. The van der Waals surface area contributed by atoms with Crippen molar-refractivity contribution in [3.8, 4) is 5.75 Å². The van der Waals surface area contributed by atoms with Crippen LogP contribution in [0.4, 0.5) is 10.5 Å². The molecular formula is C24H17BrINO3S. The zero-order valence-corrected chi connectivity index (χ0v) is 21.0. The summed E-state index contributed by atoms with van der Waals surface area (Å²) in [5.41, 5.74) is 3.68. The van der Waals surface area contributed by atoms with Crippen LogP contribution in [0.5, 0.6) is 5.75 Å². The van der Waals surface area contributed by atoms with Crippen LogP contribution in [0.15, 0.2) is 76.1 Å². The number of hydrogen-bond donors (Lipinski definition) is 0. The quantitative estimate of drug-likeness (QED) is 0.228. The Labute approximate surface area is 206 Å². The highest BCUT2D eigenvalue weighted by molar-refractivity contribution is 14.1. The number of hydrogen-bond acceptors (Lipinski definition) is 4. The van der Waals surface area contributed by atoms with E-state index in [2.05, 4.69) is 57.6 Å². The number of rotatable bonds is 5. The largest absolute Gasteiger partial charge is 0.487 e. The molecule has 1 aliphatic rings. The highest BCUT2D eigenvalue weighted by atomic mass is 127. The zero-order valence-electron chi connectivity index (χ0n) is 16.5. The Morgan fingerprint density at radius 2 is 1.84 bits per heavy atom. The van der Waals surface area contributed by atoms with Crippen LogP contribution >= 0.6 is 50.3 Å². The lowest BCUT2D eigenvalue weighted by Crippen LogP contribution is -2.27. The normalized spacial score (nSPS) is 15.1. The summed E-state index contributed by atoms with van der Waals surface area (Å²) in [5.74, 6) is 0.434. The summed E-state index contributed by atoms with van der Waals surface area (Å²) < 4.78 is 7.74. The number of ether oxygens (including phenoxy) is 1. The van der Waals surface area contributed by atoms with Gasteiger partial charge in [0.05, 0.1) is 18.6 Å². The molecule has 0 atom stereocenters. The van der Waals surface area contributed by atoms with Crippen LogP contribution in [-0.4, -0.2) is 11.1 Å². The Morgan fingerprint density at radius 3 is 2.55 bits per heavy atom. The average molecular weight is 606 g/mol. The second-order valence-corrected chi connectivity index (χ2v) is 9.95. The molecule has 0 saturated carbocycles. The highest BCUT2D eigenvalue weighted by Gasteiger charge is 2.36. The maximum absolute atomic E-state index is 12.8. The molecule has 0 aliphatic carbocycles. The van der Waals surface area contributed by atoms with Gasteiger partial charge in [0.1, 0.15) is 12.4 Å². The average Bonchev–Trinajstić information content (AvgIpc) is 3.01. The van der Waals surface area contributed by atoms with Crippen molar-refractivity contribution in [2.75, 3.05) is 4.90 Å². The van der Waals surface area contributed by atoms with Gasteiger partial charge in [-0.25, -0.2) is 4.90 Å². The van der Waals surface area contributed by atoms with E-state index < -0.39 is 0 Å². The van der Waals surface area contributed by atoms with Crippen molar-refractivity contribution in [3.63, 3.8) is 0 Å². The standard InChI is InChI=1S/C24H17BrINO3S/c1-15-6-5-7-16(10-15)14-30-22-19(25)11-17(12-20(22)26)13-21-23(28)27(24(29)31-21)18-8-3-2-4-9-18/h2-13H,14H2,1H3/b21-13-. The van der Waals surface area contributed by atoms with Gasteiger partial charge in [-0.15, -0.1) is 0 Å². The van der Waals surface area contributed by atoms with Gasteiger partial charge in [0.15, 0.2) is 0 Å². The maximum Gasteiger partial charge on any atom is 0.298 e. The molecule has 0 unspecified atom stereocenters. The fourth-order valence-electron chi connectivity index (χ4n) is 3.18. The molecule has 0 aromatic heterocycles. The lowest BCUT2D eigenvalue weighted by atomic mass is 10.1. The summed E-state index contributed by atoms with van der Waals surface area (Å²) in [5, 5.41) is -0.297. The van der Waals surface area contributed by atoms with Crippen LogP contribution in [0.25, 0.3) is 6.08 Å². The van der Waals surface area contributed by atoms with Crippen molar-refractivity contribution < 1.29 is 14.3 Å². The predicted molar refractivity (Wildman–Crippen MR) is 137 cm³/mol. The molecule has 0 radical (unpaired) electrons. The Hall–Kier alpha value is -2.10. The van der Waals surface area contributed by atoms with Gasteiger partial charge in [0.25, 0.3) is 11.1 Å². The Balaban J connectivity index is 1.55. The van der Waals surface area contributed by atoms with Crippen LogP contribution in [0.2, 0.25) is 0 Å². The Bertz CT molecular complexity index is 1170. The molecule has 0 bridgehead atoms. The Kier molecular flexibility index (Phi) is 6.83. The van der Waals surface area contributed by atoms with E-state index in [0.717, 1.165) is 36.7 Å². The number of nitrogens with zero attached hydrogens (tertiary/aromatic N) is 1. The highest BCUT2D eigenvalue weighted by Crippen LogP contribution is 2.38. The smallest absolute Gasteiger partial charge is 0.298 e. The van der Waals surface area contributed by atoms with E-state index in [1.165, 1.54) is 10.5 Å². The molecule has 31 heavy (non-hydrogen) atoms. The number of amides is 2. The van der Waals surface area contributed by atoms with Gasteiger partial charge in [-0.2, -0.15) is 0 Å². The number of anilines is 1. The van der Waals surface area contributed by atoms with Gasteiger partial charge in [0, 0.05) is 0 Å². The molecule has 4 rings (SSSR count). The monoisotopic (exact) mass is 605 g/mol. The topological polar surface area (TPSA) is 46.6 Å². The first-order valence-corrected chi connectivity index (χ1v) is 12.1. The summed E-state index contributed by atoms with van der Waals surface area (Å²) in [6.07, 6.45) is 1.74. The fraction of sp³-hybridized carbons (Fsp3) is 0.0833. The molecule has 1 aliphatic heterocycles. The number of aryl methyl sites for hydroxylation is 1. The molecule has 4 nitrogen and oxygen atoms in total. The van der Waals surface area contributed by atoms with Crippen LogP contribution in [0.3, 0.4) is 0 Å². The van der Waals surface area contributed by atoms with Crippen molar-refractivity contribution in [2.45, 2.75) is 13.5 Å². The second kappa shape index (κ2) is 9.58. The molecule has 3 aromatic rings. The molecule has 1 heterocycles. The minimum absolute atomic E-state index is 0.297. The van der Waals surface area contributed by atoms with Gasteiger partial charge >= 0.3 is 0 Å². The van der Waals surface area contributed by atoms with Crippen LogP contribution < -0.4 is 9.64 Å². The van der Waals surface area contributed by atoms with Crippen molar-refractivity contribution in [2.24, 2.45) is 0 Å².